The molecule has 1 N–H and O–H groups in total. The molecule has 0 unspecified atom stereocenters. The van der Waals surface area contributed by atoms with Gasteiger partial charge in [0.2, 0.25) is 0 Å². The van der Waals surface area contributed by atoms with E-state index in [1.807, 2.05) is 24.3 Å². The van der Waals surface area contributed by atoms with Crippen LogP contribution in [-0.2, 0) is 21.5 Å². The van der Waals surface area contributed by atoms with E-state index < -0.39 is 18.2 Å². The van der Waals surface area contributed by atoms with Crippen LogP contribution in [0.4, 0.5) is 18.9 Å². The predicted octanol–water partition coefficient (Wildman–Crippen LogP) is 6.18. The summed E-state index contributed by atoms with van der Waals surface area (Å²) in [6.07, 6.45) is -4.81. The van der Waals surface area contributed by atoms with Gasteiger partial charge < -0.3 is 14.6 Å². The molecule has 0 saturated carbocycles. The molecule has 190 valence electrons. The Kier molecular flexibility index (Phi) is 7.62. The van der Waals surface area contributed by atoms with Crippen LogP contribution in [0.2, 0.25) is 0 Å². The largest absolute Gasteiger partial charge is 0.573 e. The minimum atomic E-state index is -4.81. The number of methoxy groups -OCH3 is 1. The van der Waals surface area contributed by atoms with E-state index in [0.29, 0.717) is 16.7 Å². The maximum Gasteiger partial charge on any atom is 0.573 e. The second-order valence-corrected chi connectivity index (χ2v) is 9.10. The molecule has 0 aromatic heterocycles. The van der Waals surface area contributed by atoms with E-state index in [2.05, 4.69) is 25.5 Å². The van der Waals surface area contributed by atoms with Gasteiger partial charge in [0, 0.05) is 0 Å². The van der Waals surface area contributed by atoms with E-state index in [0.717, 1.165) is 10.5 Å². The molecule has 3 aromatic rings. The van der Waals surface area contributed by atoms with Crippen LogP contribution in [0.3, 0.4) is 0 Å². The van der Waals surface area contributed by atoms with Gasteiger partial charge in [-0.05, 0) is 51.9 Å². The molecule has 0 spiro atoms. The lowest BCUT2D eigenvalue weighted by molar-refractivity contribution is -0.274. The Balaban J connectivity index is 2.00. The summed E-state index contributed by atoms with van der Waals surface area (Å²) in [5, 5.41) is 9.48. The van der Waals surface area contributed by atoms with Crippen molar-refractivity contribution < 1.29 is 37.3 Å². The van der Waals surface area contributed by atoms with Crippen molar-refractivity contribution in [2.45, 2.75) is 39.1 Å². The molecule has 0 aliphatic heterocycles. The van der Waals surface area contributed by atoms with Crippen LogP contribution in [0, 0.1) is 0 Å². The first-order chi connectivity index (χ1) is 16.8. The van der Waals surface area contributed by atoms with Crippen LogP contribution in [0.1, 0.15) is 31.9 Å². The molecular formula is C27H26F3NO5. The van der Waals surface area contributed by atoms with E-state index in [1.165, 1.54) is 31.4 Å². The van der Waals surface area contributed by atoms with Crippen LogP contribution in [0.25, 0.3) is 11.1 Å². The molecule has 0 fully saturated rings. The van der Waals surface area contributed by atoms with Crippen molar-refractivity contribution in [1.29, 1.82) is 0 Å². The zero-order valence-corrected chi connectivity index (χ0v) is 20.2. The number of aliphatic carboxylic acids is 1. The third-order valence-electron chi connectivity index (χ3n) is 5.48. The molecule has 0 bridgehead atoms. The minimum Gasteiger partial charge on any atom is -0.495 e. The van der Waals surface area contributed by atoms with Crippen LogP contribution >= 0.6 is 0 Å². The van der Waals surface area contributed by atoms with Gasteiger partial charge in [0.25, 0.3) is 0 Å². The van der Waals surface area contributed by atoms with Crippen LogP contribution < -0.4 is 14.4 Å². The topological polar surface area (TPSA) is 76.1 Å². The summed E-state index contributed by atoms with van der Waals surface area (Å²) in [5.74, 6) is -2.90. The monoisotopic (exact) mass is 501 g/mol. The summed E-state index contributed by atoms with van der Waals surface area (Å²) in [6.45, 7) is 6.18. The van der Waals surface area contributed by atoms with Crippen molar-refractivity contribution in [1.82, 2.24) is 0 Å². The fourth-order valence-electron chi connectivity index (χ4n) is 3.60. The number of alkyl halides is 3. The van der Waals surface area contributed by atoms with Crippen LogP contribution in [-0.4, -0.2) is 30.5 Å². The molecule has 6 nitrogen and oxygen atoms in total. The van der Waals surface area contributed by atoms with Crippen LogP contribution in [0.5, 0.6) is 11.5 Å². The molecule has 0 aliphatic carbocycles. The molecule has 0 radical (unpaired) electrons. The summed E-state index contributed by atoms with van der Waals surface area (Å²) in [5.41, 5.74) is 2.99. The van der Waals surface area contributed by atoms with E-state index in [1.54, 1.807) is 18.2 Å². The zero-order chi connectivity index (χ0) is 26.7. The van der Waals surface area contributed by atoms with Gasteiger partial charge in [0.15, 0.2) is 0 Å². The number of carbonyl (C=O) groups excluding carboxylic acids is 1. The lowest BCUT2D eigenvalue weighted by Crippen LogP contribution is -2.36. The Hall–Kier alpha value is -4.01. The number of hydrogen-bond donors (Lipinski definition) is 1. The van der Waals surface area contributed by atoms with Gasteiger partial charge in [0.1, 0.15) is 11.5 Å². The standard InChI is InChI=1S/C27H26F3NO5/c1-26(2,3)20-10-5-17(6-11-20)16-31(24(32)25(33)34)22-15-19(9-14-23(22)35-4)18-7-12-21(13-8-18)36-27(28,29)30/h5-15H,16H2,1-4H3,(H,33,34). The molecular weight excluding hydrogens is 475 g/mol. The van der Waals surface area contributed by atoms with Crippen LogP contribution in [0.15, 0.2) is 66.7 Å². The van der Waals surface area contributed by atoms with Gasteiger partial charge in [-0.1, -0.05) is 63.2 Å². The first kappa shape index (κ1) is 26.6. The molecule has 3 rings (SSSR count). The Labute approximate surface area is 206 Å². The number of nitrogens with zero attached hydrogens (tertiary/aromatic N) is 1. The van der Waals surface area contributed by atoms with Crippen molar-refractivity contribution >= 4 is 17.6 Å². The number of rotatable bonds is 6. The average Bonchev–Trinajstić information content (AvgIpc) is 2.81. The van der Waals surface area contributed by atoms with Gasteiger partial charge in [0.05, 0.1) is 19.3 Å². The summed E-state index contributed by atoms with van der Waals surface area (Å²) in [7, 11) is 1.39. The van der Waals surface area contributed by atoms with Crippen molar-refractivity contribution in [2.24, 2.45) is 0 Å². The van der Waals surface area contributed by atoms with E-state index in [4.69, 9.17) is 4.74 Å². The Morgan fingerprint density at radius 3 is 1.97 bits per heavy atom. The van der Waals surface area contributed by atoms with Crippen molar-refractivity contribution in [3.05, 3.63) is 77.9 Å². The summed E-state index contributed by atoms with van der Waals surface area (Å²) < 4.78 is 46.7. The minimum absolute atomic E-state index is 0.0340. The quantitative estimate of drug-likeness (QED) is 0.409. The molecule has 9 heteroatoms. The fraction of sp³-hybridized carbons (Fsp3) is 0.259. The summed E-state index contributed by atoms with van der Waals surface area (Å²) >= 11 is 0. The smallest absolute Gasteiger partial charge is 0.495 e. The molecule has 36 heavy (non-hydrogen) atoms. The second kappa shape index (κ2) is 10.3. The maximum absolute atomic E-state index is 12.7. The molecule has 0 aliphatic rings. The third kappa shape index (κ3) is 6.56. The Morgan fingerprint density at radius 2 is 1.47 bits per heavy atom. The molecule has 0 saturated heterocycles. The molecule has 0 atom stereocenters. The maximum atomic E-state index is 12.7. The molecule has 3 aromatic carbocycles. The lowest BCUT2D eigenvalue weighted by Gasteiger charge is -2.25. The van der Waals surface area contributed by atoms with Gasteiger partial charge in [-0.15, -0.1) is 13.2 Å². The summed E-state index contributed by atoms with van der Waals surface area (Å²) in [4.78, 5) is 25.5. The number of benzene rings is 3. The van der Waals surface area contributed by atoms with Gasteiger partial charge in [-0.25, -0.2) is 4.79 Å². The van der Waals surface area contributed by atoms with E-state index >= 15 is 0 Å². The average molecular weight is 502 g/mol. The van der Waals surface area contributed by atoms with Crippen molar-refractivity contribution in [3.8, 4) is 22.6 Å². The number of carbonyl (C=O) groups is 2. The number of halogens is 3. The highest BCUT2D eigenvalue weighted by molar-refractivity contribution is 6.37. The SMILES string of the molecule is COc1ccc(-c2ccc(OC(F)(F)F)cc2)cc1N(Cc1ccc(C(C)(C)C)cc1)C(=O)C(=O)O. The number of carboxylic acid groups (broad SMARTS) is 1. The fourth-order valence-corrected chi connectivity index (χ4v) is 3.60. The zero-order valence-electron chi connectivity index (χ0n) is 20.2. The first-order valence-corrected chi connectivity index (χ1v) is 11.0. The summed E-state index contributed by atoms with van der Waals surface area (Å²) in [6, 6.07) is 17.5. The lowest BCUT2D eigenvalue weighted by atomic mass is 9.87. The highest BCUT2D eigenvalue weighted by atomic mass is 19.4. The number of ether oxygens (including phenoxy) is 2. The van der Waals surface area contributed by atoms with Crippen molar-refractivity contribution in [2.75, 3.05) is 12.0 Å². The first-order valence-electron chi connectivity index (χ1n) is 11.0. The number of carboxylic acids is 1. The molecule has 1 amide bonds. The Bertz CT molecular complexity index is 1230. The third-order valence-corrected chi connectivity index (χ3v) is 5.48. The van der Waals surface area contributed by atoms with Gasteiger partial charge in [-0.2, -0.15) is 0 Å². The van der Waals surface area contributed by atoms with Gasteiger partial charge in [-0.3, -0.25) is 9.69 Å². The highest BCUT2D eigenvalue weighted by Crippen LogP contribution is 2.35. The van der Waals surface area contributed by atoms with Gasteiger partial charge >= 0.3 is 18.2 Å². The normalized spacial score (nSPS) is 11.6. The second-order valence-electron chi connectivity index (χ2n) is 9.10. The highest BCUT2D eigenvalue weighted by Gasteiger charge is 2.31. The molecule has 0 heterocycles. The number of anilines is 1. The van der Waals surface area contributed by atoms with E-state index in [9.17, 15) is 27.9 Å². The predicted molar refractivity (Wildman–Crippen MR) is 129 cm³/mol. The van der Waals surface area contributed by atoms with Crippen molar-refractivity contribution in [3.63, 3.8) is 0 Å². The number of amides is 1. The number of hydrogen-bond acceptors (Lipinski definition) is 4. The van der Waals surface area contributed by atoms with E-state index in [-0.39, 0.29) is 29.1 Å². The Morgan fingerprint density at radius 1 is 0.889 bits per heavy atom.